The largest absolute Gasteiger partial charge is 0.495 e. The van der Waals surface area contributed by atoms with Gasteiger partial charge in [0.25, 0.3) is 0 Å². The highest BCUT2D eigenvalue weighted by Crippen LogP contribution is 2.28. The minimum atomic E-state index is -3.93. The number of aryl methyl sites for hydroxylation is 1. The van der Waals surface area contributed by atoms with Crippen LogP contribution < -0.4 is 10.1 Å². The Morgan fingerprint density at radius 1 is 1.27 bits per heavy atom. The van der Waals surface area contributed by atoms with Gasteiger partial charge in [0.05, 0.1) is 23.6 Å². The highest BCUT2D eigenvalue weighted by atomic mass is 35.5. The van der Waals surface area contributed by atoms with Crippen LogP contribution in [0.4, 0.5) is 10.1 Å². The highest BCUT2D eigenvalue weighted by Gasteiger charge is 2.24. The van der Waals surface area contributed by atoms with E-state index in [1.54, 1.807) is 6.92 Å². The van der Waals surface area contributed by atoms with Gasteiger partial charge in [0.1, 0.15) is 11.6 Å². The molecule has 1 N–H and O–H groups in total. The molecule has 2 rings (SSSR count). The molecule has 0 heterocycles. The summed E-state index contributed by atoms with van der Waals surface area (Å²) in [6.07, 6.45) is 0. The quantitative estimate of drug-likeness (QED) is 0.808. The Hall–Kier alpha value is -2.16. The molecule has 0 radical (unpaired) electrons. The lowest BCUT2D eigenvalue weighted by Crippen LogP contribution is -2.35. The average molecular weight is 401 g/mol. The van der Waals surface area contributed by atoms with Gasteiger partial charge in [-0.3, -0.25) is 4.79 Å². The molecule has 26 heavy (non-hydrogen) atoms. The van der Waals surface area contributed by atoms with E-state index in [1.165, 1.54) is 50.6 Å². The molecule has 140 valence electrons. The SMILES string of the molecule is COc1ccc(S(=O)(=O)N(C)CC(=O)Nc2cc(F)ccc2C)cc1Cl. The summed E-state index contributed by atoms with van der Waals surface area (Å²) < 4.78 is 44.3. The molecule has 0 fully saturated rings. The number of amides is 1. The number of ether oxygens (including phenoxy) is 1. The highest BCUT2D eigenvalue weighted by molar-refractivity contribution is 7.89. The number of carbonyl (C=O) groups excluding carboxylic acids is 1. The van der Waals surface area contributed by atoms with Gasteiger partial charge in [-0.1, -0.05) is 17.7 Å². The molecule has 2 aromatic rings. The fraction of sp³-hybridized carbons (Fsp3) is 0.235. The van der Waals surface area contributed by atoms with Crippen LogP contribution in [0, 0.1) is 12.7 Å². The van der Waals surface area contributed by atoms with Crippen LogP contribution >= 0.6 is 11.6 Å². The Bertz CT molecular complexity index is 934. The smallest absolute Gasteiger partial charge is 0.243 e. The zero-order chi connectivity index (χ0) is 19.5. The van der Waals surface area contributed by atoms with Crippen LogP contribution in [0.25, 0.3) is 0 Å². The molecule has 0 spiro atoms. The molecule has 0 aliphatic heterocycles. The molecule has 0 saturated heterocycles. The van der Waals surface area contributed by atoms with E-state index in [-0.39, 0.29) is 15.6 Å². The first kappa shape index (κ1) is 20.2. The van der Waals surface area contributed by atoms with Gasteiger partial charge < -0.3 is 10.1 Å². The summed E-state index contributed by atoms with van der Waals surface area (Å²) in [5.41, 5.74) is 0.945. The second-order valence-electron chi connectivity index (χ2n) is 5.56. The number of anilines is 1. The van der Waals surface area contributed by atoms with E-state index < -0.39 is 28.3 Å². The maximum absolute atomic E-state index is 13.3. The van der Waals surface area contributed by atoms with Crippen molar-refractivity contribution in [2.75, 3.05) is 26.0 Å². The third-order valence-electron chi connectivity index (χ3n) is 3.67. The number of halogens is 2. The summed E-state index contributed by atoms with van der Waals surface area (Å²) in [5.74, 6) is -0.753. The molecule has 0 atom stereocenters. The Balaban J connectivity index is 2.14. The second kappa shape index (κ2) is 8.03. The number of benzene rings is 2. The number of nitrogens with zero attached hydrogens (tertiary/aromatic N) is 1. The minimum absolute atomic E-state index is 0.0689. The van der Waals surface area contributed by atoms with E-state index in [0.717, 1.165) is 4.31 Å². The van der Waals surface area contributed by atoms with Crippen molar-refractivity contribution in [1.29, 1.82) is 0 Å². The van der Waals surface area contributed by atoms with Gasteiger partial charge in [0, 0.05) is 12.7 Å². The van der Waals surface area contributed by atoms with Crippen LogP contribution in [0.3, 0.4) is 0 Å². The lowest BCUT2D eigenvalue weighted by atomic mass is 10.2. The molecule has 1 amide bonds. The third kappa shape index (κ3) is 4.51. The van der Waals surface area contributed by atoms with Gasteiger partial charge in [0.15, 0.2) is 0 Å². The Morgan fingerprint density at radius 3 is 2.58 bits per heavy atom. The lowest BCUT2D eigenvalue weighted by molar-refractivity contribution is -0.116. The molecule has 0 bridgehead atoms. The molecular weight excluding hydrogens is 383 g/mol. The van der Waals surface area contributed by atoms with Crippen LogP contribution in [0.5, 0.6) is 5.75 Å². The Kier molecular flexibility index (Phi) is 6.22. The molecule has 6 nitrogen and oxygen atoms in total. The van der Waals surface area contributed by atoms with Crippen LogP contribution in [0.1, 0.15) is 5.56 Å². The molecule has 0 unspecified atom stereocenters. The zero-order valence-corrected chi connectivity index (χ0v) is 16.0. The number of carbonyl (C=O) groups is 1. The molecule has 0 aliphatic rings. The number of nitrogens with one attached hydrogen (secondary N) is 1. The standard InChI is InChI=1S/C17H18ClFN2O4S/c1-11-4-5-12(19)8-15(11)20-17(22)10-21(2)26(23,24)13-6-7-16(25-3)14(18)9-13/h4-9H,10H2,1-3H3,(H,20,22). The van der Waals surface area contributed by atoms with Gasteiger partial charge in [-0.2, -0.15) is 4.31 Å². The summed E-state index contributed by atoms with van der Waals surface area (Å²) >= 11 is 5.96. The van der Waals surface area contributed by atoms with Gasteiger partial charge in [-0.05, 0) is 42.8 Å². The van der Waals surface area contributed by atoms with Gasteiger partial charge in [0.2, 0.25) is 15.9 Å². The second-order valence-corrected chi connectivity index (χ2v) is 8.02. The fourth-order valence-corrected chi connectivity index (χ4v) is 3.67. The Labute approximate surface area is 156 Å². The van der Waals surface area contributed by atoms with Crippen molar-refractivity contribution in [2.45, 2.75) is 11.8 Å². The minimum Gasteiger partial charge on any atom is -0.495 e. The number of likely N-dealkylation sites (N-methyl/N-ethyl adjacent to an activating group) is 1. The normalized spacial score (nSPS) is 11.5. The number of hydrogen-bond donors (Lipinski definition) is 1. The predicted molar refractivity (Wildman–Crippen MR) is 97.6 cm³/mol. The Morgan fingerprint density at radius 2 is 1.96 bits per heavy atom. The topological polar surface area (TPSA) is 75.7 Å². The number of rotatable bonds is 6. The van der Waals surface area contributed by atoms with E-state index in [9.17, 15) is 17.6 Å². The van der Waals surface area contributed by atoms with Crippen molar-refractivity contribution in [1.82, 2.24) is 4.31 Å². The van der Waals surface area contributed by atoms with Gasteiger partial charge >= 0.3 is 0 Å². The third-order valence-corrected chi connectivity index (χ3v) is 5.77. The molecule has 0 saturated carbocycles. The molecule has 0 aromatic heterocycles. The van der Waals surface area contributed by atoms with E-state index in [4.69, 9.17) is 16.3 Å². The summed E-state index contributed by atoms with van der Waals surface area (Å²) in [6.45, 7) is 1.26. The van der Waals surface area contributed by atoms with E-state index in [1.807, 2.05) is 0 Å². The molecular formula is C17H18ClFN2O4S. The van der Waals surface area contributed by atoms with Crippen LogP contribution in [0.2, 0.25) is 5.02 Å². The molecule has 9 heteroatoms. The number of sulfonamides is 1. The van der Waals surface area contributed by atoms with Crippen molar-refractivity contribution >= 4 is 33.2 Å². The monoisotopic (exact) mass is 400 g/mol. The van der Waals surface area contributed by atoms with Crippen molar-refractivity contribution in [2.24, 2.45) is 0 Å². The van der Waals surface area contributed by atoms with Crippen LogP contribution in [0.15, 0.2) is 41.3 Å². The van der Waals surface area contributed by atoms with E-state index >= 15 is 0 Å². The summed E-state index contributed by atoms with van der Waals surface area (Å²) in [6, 6.07) is 7.98. The average Bonchev–Trinajstić information content (AvgIpc) is 2.57. The summed E-state index contributed by atoms with van der Waals surface area (Å²) in [4.78, 5) is 12.1. The first-order chi connectivity index (χ1) is 12.1. The first-order valence-corrected chi connectivity index (χ1v) is 9.33. The predicted octanol–water partition coefficient (Wildman–Crippen LogP) is 3.06. The van der Waals surface area contributed by atoms with Crippen molar-refractivity contribution < 1.29 is 22.3 Å². The van der Waals surface area contributed by atoms with Gasteiger partial charge in [-0.15, -0.1) is 0 Å². The van der Waals surface area contributed by atoms with E-state index in [2.05, 4.69) is 5.32 Å². The molecule has 0 aliphatic carbocycles. The van der Waals surface area contributed by atoms with E-state index in [0.29, 0.717) is 11.3 Å². The fourth-order valence-electron chi connectivity index (χ4n) is 2.19. The number of methoxy groups -OCH3 is 1. The lowest BCUT2D eigenvalue weighted by Gasteiger charge is -2.18. The summed E-state index contributed by atoms with van der Waals surface area (Å²) in [7, 11) is -1.25. The maximum atomic E-state index is 13.3. The van der Waals surface area contributed by atoms with Crippen molar-refractivity contribution in [3.05, 3.63) is 52.8 Å². The maximum Gasteiger partial charge on any atom is 0.243 e. The zero-order valence-electron chi connectivity index (χ0n) is 14.4. The summed E-state index contributed by atoms with van der Waals surface area (Å²) in [5, 5.41) is 2.64. The van der Waals surface area contributed by atoms with Crippen LogP contribution in [-0.2, 0) is 14.8 Å². The van der Waals surface area contributed by atoms with Crippen LogP contribution in [-0.4, -0.2) is 39.3 Å². The molecule has 2 aromatic carbocycles. The number of hydrogen-bond acceptors (Lipinski definition) is 4. The first-order valence-electron chi connectivity index (χ1n) is 7.51. The van der Waals surface area contributed by atoms with Gasteiger partial charge in [-0.25, -0.2) is 12.8 Å². The van der Waals surface area contributed by atoms with Crippen molar-refractivity contribution in [3.63, 3.8) is 0 Å². The van der Waals surface area contributed by atoms with Crippen molar-refractivity contribution in [3.8, 4) is 5.75 Å².